The molecule has 3 nitrogen and oxygen atoms in total. The molecule has 0 aromatic carbocycles. The first-order valence-electron chi connectivity index (χ1n) is 5.78. The van der Waals surface area contributed by atoms with Crippen LogP contribution in [-0.2, 0) is 0 Å². The third-order valence-electron chi connectivity index (χ3n) is 2.19. The molecule has 0 saturated carbocycles. The van der Waals surface area contributed by atoms with Crippen LogP contribution in [0.15, 0.2) is 4.99 Å². The maximum atomic E-state index is 4.45. The Labute approximate surface area is 98.9 Å². The molecule has 0 rings (SSSR count). The van der Waals surface area contributed by atoms with E-state index in [1.165, 1.54) is 12.8 Å². The second-order valence-electron chi connectivity index (χ2n) is 3.67. The Hall–Kier alpha value is -0.220. The van der Waals surface area contributed by atoms with Gasteiger partial charge in [-0.05, 0) is 26.9 Å². The van der Waals surface area contributed by atoms with E-state index in [-0.39, 0.29) is 0 Å². The van der Waals surface area contributed by atoms with Crippen LogP contribution in [0, 0.1) is 0 Å². The smallest absolute Gasteiger partial charge is 0.103 e. The second kappa shape index (κ2) is 10.3. The lowest BCUT2D eigenvalue weighted by atomic mass is 10.4. The lowest BCUT2D eigenvalue weighted by molar-refractivity contribution is 0.363. The Morgan fingerprint density at radius 1 is 1.40 bits per heavy atom. The second-order valence-corrected chi connectivity index (χ2v) is 4.57. The van der Waals surface area contributed by atoms with Crippen LogP contribution in [0.2, 0.25) is 0 Å². The zero-order valence-electron chi connectivity index (χ0n) is 10.5. The van der Waals surface area contributed by atoms with Crippen molar-refractivity contribution in [2.45, 2.75) is 33.6 Å². The van der Waals surface area contributed by atoms with Crippen LogP contribution in [0.3, 0.4) is 0 Å². The number of nitrogens with zero attached hydrogens (tertiary/aromatic N) is 2. The molecule has 0 aliphatic carbocycles. The highest BCUT2D eigenvalue weighted by atomic mass is 32.2. The molecule has 0 aliphatic rings. The highest BCUT2D eigenvalue weighted by Crippen LogP contribution is 1.99. The van der Waals surface area contributed by atoms with Crippen molar-refractivity contribution in [1.29, 1.82) is 0 Å². The van der Waals surface area contributed by atoms with Crippen molar-refractivity contribution < 1.29 is 0 Å². The molecule has 0 spiro atoms. The summed E-state index contributed by atoms with van der Waals surface area (Å²) in [4.78, 5) is 6.72. The summed E-state index contributed by atoms with van der Waals surface area (Å²) in [5.74, 6) is 2.21. The van der Waals surface area contributed by atoms with Crippen molar-refractivity contribution in [3.05, 3.63) is 0 Å². The van der Waals surface area contributed by atoms with Crippen molar-refractivity contribution in [3.63, 3.8) is 0 Å². The Bertz CT molecular complexity index is 171. The summed E-state index contributed by atoms with van der Waals surface area (Å²) in [7, 11) is 2.12. The number of likely N-dealkylation sites (N-methyl/N-ethyl adjacent to an activating group) is 1. The lowest BCUT2D eigenvalue weighted by Crippen LogP contribution is -2.22. The first-order chi connectivity index (χ1) is 7.20. The minimum Gasteiger partial charge on any atom is -0.318 e. The van der Waals surface area contributed by atoms with Crippen LogP contribution in [0.4, 0.5) is 0 Å². The van der Waals surface area contributed by atoms with Gasteiger partial charge in [-0.2, -0.15) is 0 Å². The minimum absolute atomic E-state index is 0.886. The quantitative estimate of drug-likeness (QED) is 0.301. The molecule has 0 aliphatic heterocycles. The first kappa shape index (κ1) is 14.8. The molecule has 0 amide bonds. The molecule has 0 bridgehead atoms. The molecule has 1 N–H and O–H groups in total. The van der Waals surface area contributed by atoms with Gasteiger partial charge in [0, 0.05) is 12.3 Å². The normalized spacial score (nSPS) is 12.2. The maximum absolute atomic E-state index is 4.45. The van der Waals surface area contributed by atoms with Gasteiger partial charge < -0.3 is 9.62 Å². The lowest BCUT2D eigenvalue weighted by Gasteiger charge is -2.11. The molecule has 90 valence electrons. The van der Waals surface area contributed by atoms with Crippen LogP contribution < -0.4 is 4.72 Å². The molecule has 0 aromatic heterocycles. The summed E-state index contributed by atoms with van der Waals surface area (Å²) in [6.45, 7) is 9.42. The van der Waals surface area contributed by atoms with E-state index in [1.54, 1.807) is 11.9 Å². The van der Waals surface area contributed by atoms with E-state index in [2.05, 4.69) is 35.5 Å². The third kappa shape index (κ3) is 10.1. The number of hydrogen-bond acceptors (Lipinski definition) is 3. The van der Waals surface area contributed by atoms with Crippen molar-refractivity contribution in [1.82, 2.24) is 9.62 Å². The standard InChI is InChI=1S/C11H25N3S/c1-5-7-10-15-13-11(3)12-8-9-14(4)6-2/h5-10H2,1-4H3,(H,12,13). The number of unbranched alkanes of at least 4 members (excludes halogenated alkanes) is 1. The Kier molecular flexibility index (Phi) is 10.2. The molecule has 15 heavy (non-hydrogen) atoms. The number of nitrogens with one attached hydrogen (secondary N) is 1. The average molecular weight is 231 g/mol. The number of hydrogen-bond donors (Lipinski definition) is 1. The van der Waals surface area contributed by atoms with Gasteiger partial charge in [-0.25, -0.2) is 0 Å². The summed E-state index contributed by atoms with van der Waals surface area (Å²) in [6.07, 6.45) is 2.52. The predicted octanol–water partition coefficient (Wildman–Crippen LogP) is 2.39. The van der Waals surface area contributed by atoms with E-state index in [4.69, 9.17) is 0 Å². The van der Waals surface area contributed by atoms with Crippen LogP contribution in [0.5, 0.6) is 0 Å². The molecule has 0 radical (unpaired) electrons. The monoisotopic (exact) mass is 231 g/mol. The van der Waals surface area contributed by atoms with Gasteiger partial charge in [0.05, 0.1) is 6.54 Å². The summed E-state index contributed by atoms with van der Waals surface area (Å²) in [5.41, 5.74) is 0. The SMILES string of the molecule is CCCCSN/C(C)=N/CCN(C)CC. The zero-order valence-corrected chi connectivity index (χ0v) is 11.4. The third-order valence-corrected chi connectivity index (χ3v) is 3.12. The molecular weight excluding hydrogens is 206 g/mol. The van der Waals surface area contributed by atoms with Crippen LogP contribution >= 0.6 is 11.9 Å². The molecule has 0 heterocycles. The predicted molar refractivity (Wildman–Crippen MR) is 71.6 cm³/mol. The van der Waals surface area contributed by atoms with Crippen LogP contribution in [0.25, 0.3) is 0 Å². The first-order valence-corrected chi connectivity index (χ1v) is 6.76. The fraction of sp³-hybridized carbons (Fsp3) is 0.909. The summed E-state index contributed by atoms with van der Waals surface area (Å²) in [5, 5.41) is 0. The van der Waals surface area contributed by atoms with E-state index < -0.39 is 0 Å². The van der Waals surface area contributed by atoms with Crippen molar-refractivity contribution in [2.75, 3.05) is 32.4 Å². The summed E-state index contributed by atoms with van der Waals surface area (Å²) >= 11 is 1.76. The van der Waals surface area contributed by atoms with E-state index in [0.29, 0.717) is 0 Å². The summed E-state index contributed by atoms with van der Waals surface area (Å²) in [6, 6.07) is 0. The van der Waals surface area contributed by atoms with E-state index >= 15 is 0 Å². The van der Waals surface area contributed by atoms with Gasteiger partial charge in [-0.3, -0.25) is 4.99 Å². The van der Waals surface area contributed by atoms with Gasteiger partial charge in [0.15, 0.2) is 0 Å². The fourth-order valence-corrected chi connectivity index (χ4v) is 1.76. The Morgan fingerprint density at radius 3 is 2.73 bits per heavy atom. The number of aliphatic imine (C=N–C) groups is 1. The number of amidine groups is 1. The minimum atomic E-state index is 0.886. The Morgan fingerprint density at radius 2 is 2.13 bits per heavy atom. The van der Waals surface area contributed by atoms with Crippen molar-refractivity contribution >= 4 is 17.8 Å². The number of rotatable bonds is 8. The van der Waals surface area contributed by atoms with Crippen molar-refractivity contribution in [2.24, 2.45) is 4.99 Å². The van der Waals surface area contributed by atoms with Gasteiger partial charge in [0.2, 0.25) is 0 Å². The van der Waals surface area contributed by atoms with Crippen LogP contribution in [-0.4, -0.2) is 43.2 Å². The van der Waals surface area contributed by atoms with Gasteiger partial charge in [0.1, 0.15) is 5.84 Å². The van der Waals surface area contributed by atoms with E-state index in [9.17, 15) is 0 Å². The molecule has 0 saturated heterocycles. The molecule has 0 atom stereocenters. The Balaban J connectivity index is 3.43. The van der Waals surface area contributed by atoms with E-state index in [0.717, 1.165) is 31.2 Å². The van der Waals surface area contributed by atoms with Gasteiger partial charge in [0.25, 0.3) is 0 Å². The highest BCUT2D eigenvalue weighted by Gasteiger charge is 1.93. The van der Waals surface area contributed by atoms with Gasteiger partial charge in [-0.15, -0.1) is 0 Å². The van der Waals surface area contributed by atoms with Crippen LogP contribution in [0.1, 0.15) is 33.6 Å². The molecular formula is C11H25N3S. The topological polar surface area (TPSA) is 27.6 Å². The summed E-state index contributed by atoms with van der Waals surface area (Å²) < 4.78 is 3.26. The molecule has 0 fully saturated rings. The molecule has 0 unspecified atom stereocenters. The van der Waals surface area contributed by atoms with Crippen molar-refractivity contribution in [3.8, 4) is 0 Å². The maximum Gasteiger partial charge on any atom is 0.103 e. The van der Waals surface area contributed by atoms with Gasteiger partial charge >= 0.3 is 0 Å². The molecule has 4 heteroatoms. The van der Waals surface area contributed by atoms with E-state index in [1.807, 2.05) is 6.92 Å². The zero-order chi connectivity index (χ0) is 11.5. The highest BCUT2D eigenvalue weighted by molar-refractivity contribution is 7.97. The molecule has 0 aromatic rings. The average Bonchev–Trinajstić information content (AvgIpc) is 2.24. The fourth-order valence-electron chi connectivity index (χ4n) is 0.951. The van der Waals surface area contributed by atoms with Gasteiger partial charge in [-0.1, -0.05) is 32.2 Å². The largest absolute Gasteiger partial charge is 0.318 e.